The number of rotatable bonds is 5. The maximum absolute atomic E-state index is 12.8. The zero-order chi connectivity index (χ0) is 18.6. The molecule has 1 aromatic rings. The maximum Gasteiger partial charge on any atom is 0.243 e. The lowest BCUT2D eigenvalue weighted by Crippen LogP contribution is -2.49. The number of halogens is 1. The lowest BCUT2D eigenvalue weighted by molar-refractivity contribution is -0.126. The van der Waals surface area contributed by atoms with E-state index in [0.717, 1.165) is 25.9 Å². The molecule has 2 aliphatic rings. The Kier molecular flexibility index (Phi) is 7.91. The Labute approximate surface area is 167 Å². The van der Waals surface area contributed by atoms with Crippen molar-refractivity contribution in [1.82, 2.24) is 14.9 Å². The van der Waals surface area contributed by atoms with Gasteiger partial charge >= 0.3 is 0 Å². The highest BCUT2D eigenvalue weighted by molar-refractivity contribution is 7.89. The summed E-state index contributed by atoms with van der Waals surface area (Å²) in [6.45, 7) is 2.56. The van der Waals surface area contributed by atoms with E-state index >= 15 is 0 Å². The second-order valence-electron chi connectivity index (χ2n) is 6.91. The first-order valence-electron chi connectivity index (χ1n) is 9.16. The molecular formula is C18H28ClN3O4S. The molecule has 27 heavy (non-hydrogen) atoms. The summed E-state index contributed by atoms with van der Waals surface area (Å²) in [5.41, 5.74) is 0. The third-order valence-corrected chi connectivity index (χ3v) is 7.08. The Morgan fingerprint density at radius 3 is 2.41 bits per heavy atom. The van der Waals surface area contributed by atoms with Crippen LogP contribution in [0.1, 0.15) is 25.7 Å². The van der Waals surface area contributed by atoms with Crippen LogP contribution in [0, 0.1) is 5.92 Å². The van der Waals surface area contributed by atoms with Crippen LogP contribution in [0.2, 0.25) is 0 Å². The molecule has 0 bridgehead atoms. The topological polar surface area (TPSA) is 87.7 Å². The highest BCUT2D eigenvalue weighted by Crippen LogP contribution is 2.25. The van der Waals surface area contributed by atoms with Crippen molar-refractivity contribution in [2.75, 3.05) is 33.3 Å². The minimum atomic E-state index is -3.53. The predicted octanol–water partition coefficient (Wildman–Crippen LogP) is 1.39. The van der Waals surface area contributed by atoms with Gasteiger partial charge in [-0.1, -0.05) is 0 Å². The van der Waals surface area contributed by atoms with Crippen molar-refractivity contribution in [3.8, 4) is 5.75 Å². The van der Waals surface area contributed by atoms with Gasteiger partial charge in [-0.3, -0.25) is 4.79 Å². The van der Waals surface area contributed by atoms with Crippen LogP contribution < -0.4 is 15.4 Å². The standard InChI is InChI=1S/C18H27N3O4S.ClH/c1-25-16-4-6-17(7-5-16)26(23,24)21-11-8-14(9-12-21)18(22)20-15-3-2-10-19-13-15;/h4-7,14-15,19H,2-3,8-13H2,1H3,(H,20,22);1H/t15-;/m0./s1. The van der Waals surface area contributed by atoms with Crippen LogP contribution in [0.3, 0.4) is 0 Å². The van der Waals surface area contributed by atoms with Gasteiger partial charge in [0.05, 0.1) is 12.0 Å². The molecule has 0 aromatic heterocycles. The van der Waals surface area contributed by atoms with E-state index in [0.29, 0.717) is 31.7 Å². The normalized spacial score (nSPS) is 21.9. The van der Waals surface area contributed by atoms with Gasteiger partial charge in [-0.15, -0.1) is 12.4 Å². The monoisotopic (exact) mass is 417 g/mol. The van der Waals surface area contributed by atoms with Crippen molar-refractivity contribution in [2.45, 2.75) is 36.6 Å². The number of carbonyl (C=O) groups excluding carboxylic acids is 1. The first-order chi connectivity index (χ1) is 12.5. The van der Waals surface area contributed by atoms with Crippen molar-refractivity contribution in [3.63, 3.8) is 0 Å². The van der Waals surface area contributed by atoms with Gasteiger partial charge in [-0.25, -0.2) is 8.42 Å². The van der Waals surface area contributed by atoms with Crippen LogP contribution in [-0.2, 0) is 14.8 Å². The van der Waals surface area contributed by atoms with E-state index in [2.05, 4.69) is 10.6 Å². The molecule has 7 nitrogen and oxygen atoms in total. The first kappa shape index (κ1) is 21.9. The van der Waals surface area contributed by atoms with Crippen LogP contribution in [0.5, 0.6) is 5.75 Å². The summed E-state index contributed by atoms with van der Waals surface area (Å²) < 4.78 is 32.1. The number of piperidine rings is 2. The summed E-state index contributed by atoms with van der Waals surface area (Å²) in [5, 5.41) is 6.39. The number of amides is 1. The molecule has 0 radical (unpaired) electrons. The van der Waals surface area contributed by atoms with Crippen LogP contribution in [0.4, 0.5) is 0 Å². The third-order valence-electron chi connectivity index (χ3n) is 5.17. The van der Waals surface area contributed by atoms with Crippen LogP contribution in [0.25, 0.3) is 0 Å². The average molecular weight is 418 g/mol. The van der Waals surface area contributed by atoms with E-state index < -0.39 is 10.0 Å². The van der Waals surface area contributed by atoms with E-state index in [1.165, 1.54) is 4.31 Å². The van der Waals surface area contributed by atoms with E-state index in [9.17, 15) is 13.2 Å². The van der Waals surface area contributed by atoms with Crippen molar-refractivity contribution in [1.29, 1.82) is 0 Å². The van der Waals surface area contributed by atoms with Gasteiger partial charge in [-0.05, 0) is 56.5 Å². The lowest BCUT2D eigenvalue weighted by Gasteiger charge is -2.32. The number of carbonyl (C=O) groups is 1. The highest BCUT2D eigenvalue weighted by Gasteiger charge is 2.32. The fourth-order valence-corrected chi connectivity index (χ4v) is 5.02. The molecule has 2 fully saturated rings. The maximum atomic E-state index is 12.8. The molecule has 1 aromatic carbocycles. The molecule has 2 heterocycles. The number of hydrogen-bond donors (Lipinski definition) is 2. The molecule has 2 N–H and O–H groups in total. The summed E-state index contributed by atoms with van der Waals surface area (Å²) in [7, 11) is -1.98. The number of hydrogen-bond acceptors (Lipinski definition) is 5. The molecule has 1 amide bonds. The summed E-state index contributed by atoms with van der Waals surface area (Å²) >= 11 is 0. The number of methoxy groups -OCH3 is 1. The van der Waals surface area contributed by atoms with Crippen molar-refractivity contribution < 1.29 is 17.9 Å². The molecule has 0 spiro atoms. The summed E-state index contributed by atoms with van der Waals surface area (Å²) in [4.78, 5) is 12.7. The number of ether oxygens (including phenoxy) is 1. The Morgan fingerprint density at radius 1 is 1.19 bits per heavy atom. The molecule has 0 saturated carbocycles. The SMILES string of the molecule is COc1ccc(S(=O)(=O)N2CCC(C(=O)N[C@H]3CCCNC3)CC2)cc1.Cl. The summed E-state index contributed by atoms with van der Waals surface area (Å²) in [5.74, 6) is 0.566. The Morgan fingerprint density at radius 2 is 1.85 bits per heavy atom. The predicted molar refractivity (Wildman–Crippen MR) is 106 cm³/mol. The molecule has 9 heteroatoms. The highest BCUT2D eigenvalue weighted by atomic mass is 35.5. The van der Waals surface area contributed by atoms with Gasteiger partial charge in [0.15, 0.2) is 0 Å². The molecule has 2 saturated heterocycles. The minimum Gasteiger partial charge on any atom is -0.497 e. The zero-order valence-electron chi connectivity index (χ0n) is 15.5. The van der Waals surface area contributed by atoms with Crippen LogP contribution in [0.15, 0.2) is 29.2 Å². The van der Waals surface area contributed by atoms with Crippen molar-refractivity contribution in [2.24, 2.45) is 5.92 Å². The minimum absolute atomic E-state index is 0. The number of sulfonamides is 1. The Hall–Kier alpha value is -1.35. The lowest BCUT2D eigenvalue weighted by atomic mass is 9.96. The molecule has 0 unspecified atom stereocenters. The molecule has 152 valence electrons. The molecule has 0 aliphatic carbocycles. The quantitative estimate of drug-likeness (QED) is 0.755. The van der Waals surface area contributed by atoms with Crippen LogP contribution >= 0.6 is 12.4 Å². The fourth-order valence-electron chi connectivity index (χ4n) is 3.55. The van der Waals surface area contributed by atoms with Gasteiger partial charge in [0.1, 0.15) is 5.75 Å². The summed E-state index contributed by atoms with van der Waals surface area (Å²) in [6, 6.07) is 6.60. The van der Waals surface area contributed by atoms with Gasteiger partial charge < -0.3 is 15.4 Å². The molecule has 3 rings (SSSR count). The van der Waals surface area contributed by atoms with E-state index in [1.807, 2.05) is 0 Å². The zero-order valence-corrected chi connectivity index (χ0v) is 17.2. The van der Waals surface area contributed by atoms with E-state index in [4.69, 9.17) is 4.74 Å². The van der Waals surface area contributed by atoms with E-state index in [-0.39, 0.29) is 35.2 Å². The van der Waals surface area contributed by atoms with Crippen molar-refractivity contribution >= 4 is 28.3 Å². The van der Waals surface area contributed by atoms with E-state index in [1.54, 1.807) is 31.4 Å². The number of benzene rings is 1. The second-order valence-corrected chi connectivity index (χ2v) is 8.84. The summed E-state index contributed by atoms with van der Waals surface area (Å²) in [6.07, 6.45) is 3.19. The Balaban J connectivity index is 0.00000261. The van der Waals surface area contributed by atoms with Gasteiger partial charge in [0, 0.05) is 31.6 Å². The molecular weight excluding hydrogens is 390 g/mol. The average Bonchev–Trinajstić information content (AvgIpc) is 2.69. The fraction of sp³-hybridized carbons (Fsp3) is 0.611. The van der Waals surface area contributed by atoms with Gasteiger partial charge in [0.25, 0.3) is 0 Å². The van der Waals surface area contributed by atoms with Gasteiger partial charge in [0.2, 0.25) is 15.9 Å². The third kappa shape index (κ3) is 5.34. The van der Waals surface area contributed by atoms with Crippen molar-refractivity contribution in [3.05, 3.63) is 24.3 Å². The second kappa shape index (κ2) is 9.73. The van der Waals surface area contributed by atoms with Gasteiger partial charge in [-0.2, -0.15) is 4.31 Å². The Bertz CT molecular complexity index is 713. The molecule has 2 aliphatic heterocycles. The smallest absolute Gasteiger partial charge is 0.243 e. The number of nitrogens with one attached hydrogen (secondary N) is 2. The van der Waals surface area contributed by atoms with Crippen LogP contribution in [-0.4, -0.2) is 58.0 Å². The largest absolute Gasteiger partial charge is 0.497 e. The first-order valence-corrected chi connectivity index (χ1v) is 10.6. The number of nitrogens with zero attached hydrogens (tertiary/aromatic N) is 1. The molecule has 1 atom stereocenters.